The third-order valence-electron chi connectivity index (χ3n) is 4.44. The fraction of sp³-hybridized carbons (Fsp3) is 0.471. The van der Waals surface area contributed by atoms with Gasteiger partial charge in [-0.25, -0.2) is 4.98 Å². The van der Waals surface area contributed by atoms with Crippen molar-refractivity contribution in [3.8, 4) is 0 Å². The second-order valence-electron chi connectivity index (χ2n) is 6.35. The van der Waals surface area contributed by atoms with Crippen LogP contribution in [0.3, 0.4) is 0 Å². The van der Waals surface area contributed by atoms with Gasteiger partial charge in [-0.15, -0.1) is 0 Å². The summed E-state index contributed by atoms with van der Waals surface area (Å²) in [6.45, 7) is 4.27. The van der Waals surface area contributed by atoms with Crippen LogP contribution in [0.1, 0.15) is 62.7 Å². The quantitative estimate of drug-likeness (QED) is 0.936. The zero-order chi connectivity index (χ0) is 14.9. The smallest absolute Gasteiger partial charge is 0.223 e. The monoisotopic (exact) mass is 282 g/mol. The fourth-order valence-corrected chi connectivity index (χ4v) is 3.04. The molecule has 1 aromatic carbocycles. The Balaban J connectivity index is 2.01. The summed E-state index contributed by atoms with van der Waals surface area (Å²) in [5, 5.41) is 0. The van der Waals surface area contributed by atoms with Crippen LogP contribution in [0.4, 0.5) is 5.95 Å². The summed E-state index contributed by atoms with van der Waals surface area (Å²) >= 11 is 0. The molecule has 1 aliphatic carbocycles. The van der Waals surface area contributed by atoms with Gasteiger partial charge < -0.3 is 5.73 Å². The summed E-state index contributed by atoms with van der Waals surface area (Å²) < 4.78 is 0. The molecule has 110 valence electrons. The molecule has 0 aliphatic heterocycles. The summed E-state index contributed by atoms with van der Waals surface area (Å²) in [6, 6.07) is 10.3. The number of nitrogens with two attached hydrogens (primary N) is 1. The molecule has 0 amide bonds. The Labute approximate surface area is 125 Å². The Morgan fingerprint density at radius 2 is 1.67 bits per heavy atom. The van der Waals surface area contributed by atoms with Crippen molar-refractivity contribution in [1.29, 1.82) is 0 Å². The second kappa shape index (κ2) is 5.43. The van der Waals surface area contributed by atoms with Gasteiger partial charge in [0, 0.05) is 11.3 Å². The first kappa shape index (κ1) is 14.0. The van der Waals surface area contributed by atoms with Crippen LogP contribution in [0.5, 0.6) is 0 Å². The molecule has 1 saturated carbocycles. The zero-order valence-corrected chi connectivity index (χ0v) is 12.7. The number of hydrogen-bond donors (Lipinski definition) is 1. The maximum atomic E-state index is 5.94. The summed E-state index contributed by atoms with van der Waals surface area (Å²) in [5.74, 6) is 2.42. The van der Waals surface area contributed by atoms with E-state index in [1.165, 1.54) is 18.4 Å². The lowest BCUT2D eigenvalue weighted by Gasteiger charge is -2.24. The van der Waals surface area contributed by atoms with Crippen LogP contribution in [0.15, 0.2) is 30.3 Å². The summed E-state index contributed by atoms with van der Waals surface area (Å²) in [7, 11) is 0. The lowest BCUT2D eigenvalue weighted by atomic mass is 9.84. The van der Waals surface area contributed by atoms with Gasteiger partial charge in [-0.05, 0) is 32.3 Å². The van der Waals surface area contributed by atoms with Crippen LogP contribution in [-0.4, -0.2) is 15.0 Å². The van der Waals surface area contributed by atoms with E-state index in [-0.39, 0.29) is 5.41 Å². The average Bonchev–Trinajstić information content (AvgIpc) is 3.02. The highest BCUT2D eigenvalue weighted by atomic mass is 15.1. The van der Waals surface area contributed by atoms with E-state index in [4.69, 9.17) is 10.7 Å². The van der Waals surface area contributed by atoms with Crippen molar-refractivity contribution < 1.29 is 0 Å². The lowest BCUT2D eigenvalue weighted by molar-refractivity contribution is 0.564. The first-order valence-corrected chi connectivity index (χ1v) is 7.65. The van der Waals surface area contributed by atoms with Gasteiger partial charge in [-0.3, -0.25) is 0 Å². The summed E-state index contributed by atoms with van der Waals surface area (Å²) in [4.78, 5) is 13.5. The Morgan fingerprint density at radius 1 is 1.00 bits per heavy atom. The van der Waals surface area contributed by atoms with E-state index in [0.29, 0.717) is 11.9 Å². The number of anilines is 1. The van der Waals surface area contributed by atoms with Gasteiger partial charge in [0.2, 0.25) is 5.95 Å². The van der Waals surface area contributed by atoms with E-state index in [0.717, 1.165) is 24.5 Å². The Kier molecular flexibility index (Phi) is 3.62. The number of rotatable bonds is 3. The normalized spacial score (nSPS) is 16.3. The van der Waals surface area contributed by atoms with Gasteiger partial charge in [0.1, 0.15) is 11.6 Å². The van der Waals surface area contributed by atoms with Crippen LogP contribution in [0, 0.1) is 0 Å². The van der Waals surface area contributed by atoms with Crippen molar-refractivity contribution >= 4 is 5.95 Å². The minimum atomic E-state index is -0.272. The molecule has 3 rings (SSSR count). The molecule has 21 heavy (non-hydrogen) atoms. The molecule has 0 bridgehead atoms. The number of hydrogen-bond acceptors (Lipinski definition) is 4. The number of aromatic nitrogens is 3. The van der Waals surface area contributed by atoms with Crippen LogP contribution in [0.25, 0.3) is 0 Å². The number of nitrogen functional groups attached to an aromatic ring is 1. The molecule has 1 aliphatic rings. The number of benzene rings is 1. The van der Waals surface area contributed by atoms with Crippen molar-refractivity contribution in [2.45, 2.75) is 50.9 Å². The van der Waals surface area contributed by atoms with E-state index in [1.807, 2.05) is 18.2 Å². The highest BCUT2D eigenvalue weighted by Gasteiger charge is 2.29. The molecule has 0 radical (unpaired) electrons. The first-order valence-electron chi connectivity index (χ1n) is 7.65. The van der Waals surface area contributed by atoms with Crippen molar-refractivity contribution in [2.75, 3.05) is 5.73 Å². The molecule has 1 heterocycles. The predicted octanol–water partition coefficient (Wildman–Crippen LogP) is 3.44. The third kappa shape index (κ3) is 2.75. The molecule has 1 fully saturated rings. The van der Waals surface area contributed by atoms with Crippen LogP contribution < -0.4 is 5.73 Å². The van der Waals surface area contributed by atoms with Crippen molar-refractivity contribution in [1.82, 2.24) is 15.0 Å². The van der Waals surface area contributed by atoms with Gasteiger partial charge in [0.05, 0.1) is 0 Å². The van der Waals surface area contributed by atoms with Gasteiger partial charge in [-0.2, -0.15) is 9.97 Å². The highest BCUT2D eigenvalue weighted by molar-refractivity contribution is 5.32. The first-order chi connectivity index (χ1) is 10.1. The van der Waals surface area contributed by atoms with E-state index >= 15 is 0 Å². The maximum Gasteiger partial charge on any atom is 0.223 e. The highest BCUT2D eigenvalue weighted by Crippen LogP contribution is 2.34. The topological polar surface area (TPSA) is 64.7 Å². The largest absolute Gasteiger partial charge is 0.368 e. The van der Waals surface area contributed by atoms with Crippen LogP contribution >= 0.6 is 0 Å². The average molecular weight is 282 g/mol. The molecule has 0 unspecified atom stereocenters. The number of nitrogens with zero attached hydrogens (tertiary/aromatic N) is 3. The maximum absolute atomic E-state index is 5.94. The minimum absolute atomic E-state index is 0.272. The third-order valence-corrected chi connectivity index (χ3v) is 4.44. The van der Waals surface area contributed by atoms with Gasteiger partial charge >= 0.3 is 0 Å². The molecule has 4 heteroatoms. The van der Waals surface area contributed by atoms with Gasteiger partial charge in [0.25, 0.3) is 0 Å². The molecule has 0 saturated heterocycles. The van der Waals surface area contributed by atoms with Crippen molar-refractivity contribution in [3.05, 3.63) is 47.5 Å². The van der Waals surface area contributed by atoms with Gasteiger partial charge in [-0.1, -0.05) is 43.2 Å². The summed E-state index contributed by atoms with van der Waals surface area (Å²) in [5.41, 5.74) is 6.86. The Bertz CT molecular complexity index is 616. The zero-order valence-electron chi connectivity index (χ0n) is 12.7. The summed E-state index contributed by atoms with van der Waals surface area (Å²) in [6.07, 6.45) is 4.84. The molecular formula is C17H22N4. The molecule has 4 nitrogen and oxygen atoms in total. The van der Waals surface area contributed by atoms with E-state index in [2.05, 4.69) is 35.9 Å². The van der Waals surface area contributed by atoms with Crippen molar-refractivity contribution in [2.24, 2.45) is 0 Å². The van der Waals surface area contributed by atoms with Crippen molar-refractivity contribution in [3.63, 3.8) is 0 Å². The molecular weight excluding hydrogens is 260 g/mol. The van der Waals surface area contributed by atoms with Crippen LogP contribution in [-0.2, 0) is 5.41 Å². The molecule has 2 N–H and O–H groups in total. The standard InChI is InChI=1S/C17H22N4/c1-17(2,13-10-4-3-5-11-13)15-19-14(20-16(18)21-15)12-8-6-7-9-12/h3-5,10-12H,6-9H2,1-2H3,(H2,18,19,20,21). The van der Waals surface area contributed by atoms with E-state index < -0.39 is 0 Å². The predicted molar refractivity (Wildman–Crippen MR) is 84.0 cm³/mol. The van der Waals surface area contributed by atoms with Gasteiger partial charge in [0.15, 0.2) is 0 Å². The lowest BCUT2D eigenvalue weighted by Crippen LogP contribution is -2.24. The molecule has 2 aromatic rings. The fourth-order valence-electron chi connectivity index (χ4n) is 3.04. The Morgan fingerprint density at radius 3 is 2.33 bits per heavy atom. The second-order valence-corrected chi connectivity index (χ2v) is 6.35. The molecule has 0 spiro atoms. The Hall–Kier alpha value is -1.97. The molecule has 1 aromatic heterocycles. The minimum Gasteiger partial charge on any atom is -0.368 e. The molecule has 0 atom stereocenters. The SMILES string of the molecule is CC(C)(c1ccccc1)c1nc(N)nc(C2CCCC2)n1. The van der Waals surface area contributed by atoms with E-state index in [1.54, 1.807) is 0 Å². The van der Waals surface area contributed by atoms with E-state index in [9.17, 15) is 0 Å². The van der Waals surface area contributed by atoms with Crippen LogP contribution in [0.2, 0.25) is 0 Å².